The number of rotatable bonds is 3. The van der Waals surface area contributed by atoms with Crippen LogP contribution in [-0.2, 0) is 20.7 Å². The minimum atomic E-state index is -0.931. The topological polar surface area (TPSA) is 66.8 Å². The number of likely N-dealkylation sites (tertiary alicyclic amines) is 1. The fourth-order valence-electron chi connectivity index (χ4n) is 3.03. The molecule has 1 aromatic carbocycles. The van der Waals surface area contributed by atoms with E-state index in [2.05, 4.69) is 6.07 Å². The summed E-state index contributed by atoms with van der Waals surface area (Å²) in [5.74, 6) is -1.02. The summed E-state index contributed by atoms with van der Waals surface area (Å²) >= 11 is 0. The number of carbonyl (C=O) groups excluding carboxylic acids is 1. The van der Waals surface area contributed by atoms with E-state index in [-0.39, 0.29) is 12.0 Å². The first-order valence-electron chi connectivity index (χ1n) is 6.88. The molecule has 0 saturated carbocycles. The molecule has 0 bridgehead atoms. The summed E-state index contributed by atoms with van der Waals surface area (Å²) in [6, 6.07) is 7.28. The first kappa shape index (κ1) is 13.1. The maximum atomic E-state index is 11.9. The fraction of sp³-hybridized carbons (Fsp3) is 0.467. The van der Waals surface area contributed by atoms with Gasteiger partial charge in [-0.15, -0.1) is 0 Å². The largest absolute Gasteiger partial charge is 0.480 e. The number of carbonyl (C=O) groups is 2. The molecule has 20 heavy (non-hydrogen) atoms. The van der Waals surface area contributed by atoms with E-state index in [1.165, 1.54) is 10.5 Å². The number of fused-ring (bicyclic) bond motifs is 1. The summed E-state index contributed by atoms with van der Waals surface area (Å²) in [7, 11) is 0. The predicted molar refractivity (Wildman–Crippen MR) is 71.2 cm³/mol. The van der Waals surface area contributed by atoms with Gasteiger partial charge in [-0.25, -0.2) is 4.79 Å². The second-order valence-corrected chi connectivity index (χ2v) is 5.25. The van der Waals surface area contributed by atoms with E-state index in [0.717, 1.165) is 12.0 Å². The van der Waals surface area contributed by atoms with Gasteiger partial charge in [0.1, 0.15) is 12.1 Å². The summed E-state index contributed by atoms with van der Waals surface area (Å²) in [4.78, 5) is 24.5. The third-order valence-corrected chi connectivity index (χ3v) is 4.07. The van der Waals surface area contributed by atoms with Gasteiger partial charge in [0.15, 0.2) is 0 Å². The molecule has 0 radical (unpaired) electrons. The van der Waals surface area contributed by atoms with Gasteiger partial charge >= 0.3 is 5.97 Å². The molecule has 3 rings (SSSR count). The highest BCUT2D eigenvalue weighted by Crippen LogP contribution is 2.30. The molecule has 2 unspecified atom stereocenters. The second kappa shape index (κ2) is 5.25. The van der Waals surface area contributed by atoms with Crippen LogP contribution in [0.2, 0.25) is 0 Å². The van der Waals surface area contributed by atoms with E-state index in [1.807, 2.05) is 18.2 Å². The molecule has 1 aromatic rings. The van der Waals surface area contributed by atoms with Crippen LogP contribution in [0.15, 0.2) is 24.3 Å². The molecule has 5 nitrogen and oxygen atoms in total. The van der Waals surface area contributed by atoms with E-state index in [4.69, 9.17) is 4.74 Å². The van der Waals surface area contributed by atoms with Crippen molar-refractivity contribution in [2.45, 2.75) is 31.4 Å². The van der Waals surface area contributed by atoms with E-state index in [0.29, 0.717) is 26.0 Å². The highest BCUT2D eigenvalue weighted by molar-refractivity contribution is 5.87. The molecular weight excluding hydrogens is 258 g/mol. The molecule has 0 aromatic heterocycles. The molecule has 2 atom stereocenters. The predicted octanol–water partition coefficient (Wildman–Crippen LogP) is 1.38. The number of benzene rings is 1. The number of carboxylic acids is 1. The lowest BCUT2D eigenvalue weighted by Gasteiger charge is -2.31. The SMILES string of the molecule is O=C(O)C1CCC(=O)N1CC1OCCc2ccccc21. The maximum absolute atomic E-state index is 11.9. The Labute approximate surface area is 117 Å². The first-order valence-corrected chi connectivity index (χ1v) is 6.88. The Hall–Kier alpha value is -1.88. The molecule has 2 aliphatic heterocycles. The monoisotopic (exact) mass is 275 g/mol. The van der Waals surface area contributed by atoms with Crippen LogP contribution in [0.1, 0.15) is 30.1 Å². The molecule has 1 amide bonds. The number of hydrogen-bond donors (Lipinski definition) is 1. The van der Waals surface area contributed by atoms with Crippen LogP contribution in [0, 0.1) is 0 Å². The fourth-order valence-corrected chi connectivity index (χ4v) is 3.03. The van der Waals surface area contributed by atoms with Crippen molar-refractivity contribution in [1.29, 1.82) is 0 Å². The van der Waals surface area contributed by atoms with Crippen LogP contribution in [-0.4, -0.2) is 41.1 Å². The number of hydrogen-bond acceptors (Lipinski definition) is 3. The Kier molecular flexibility index (Phi) is 3.44. The number of carboxylic acid groups (broad SMARTS) is 1. The van der Waals surface area contributed by atoms with Crippen molar-refractivity contribution >= 4 is 11.9 Å². The Morgan fingerprint density at radius 1 is 1.35 bits per heavy atom. The standard InChI is InChI=1S/C15H17NO4/c17-14-6-5-12(15(18)19)16(14)9-13-11-4-2-1-3-10(11)7-8-20-13/h1-4,12-13H,5-9H2,(H,18,19). The van der Waals surface area contributed by atoms with Crippen molar-refractivity contribution in [3.05, 3.63) is 35.4 Å². The number of amides is 1. The summed E-state index contributed by atoms with van der Waals surface area (Å²) in [6.45, 7) is 0.939. The Bertz CT molecular complexity index is 542. The van der Waals surface area contributed by atoms with Crippen LogP contribution in [0.3, 0.4) is 0 Å². The zero-order valence-electron chi connectivity index (χ0n) is 11.1. The van der Waals surface area contributed by atoms with Gasteiger partial charge in [0, 0.05) is 6.42 Å². The minimum Gasteiger partial charge on any atom is -0.480 e. The molecular formula is C15H17NO4. The Morgan fingerprint density at radius 2 is 2.15 bits per heavy atom. The zero-order valence-corrected chi connectivity index (χ0v) is 11.1. The van der Waals surface area contributed by atoms with E-state index in [1.54, 1.807) is 0 Å². The van der Waals surface area contributed by atoms with Gasteiger partial charge < -0.3 is 14.7 Å². The van der Waals surface area contributed by atoms with Crippen molar-refractivity contribution in [3.63, 3.8) is 0 Å². The van der Waals surface area contributed by atoms with Gasteiger partial charge in [-0.1, -0.05) is 24.3 Å². The molecule has 106 valence electrons. The van der Waals surface area contributed by atoms with E-state index in [9.17, 15) is 14.7 Å². The molecule has 0 aliphatic carbocycles. The van der Waals surface area contributed by atoms with Gasteiger partial charge in [0.2, 0.25) is 5.91 Å². The van der Waals surface area contributed by atoms with Crippen molar-refractivity contribution < 1.29 is 19.4 Å². The summed E-state index contributed by atoms with van der Waals surface area (Å²) in [6.07, 6.45) is 1.35. The summed E-state index contributed by atoms with van der Waals surface area (Å²) < 4.78 is 5.76. The van der Waals surface area contributed by atoms with Gasteiger partial charge in [-0.05, 0) is 24.0 Å². The Morgan fingerprint density at radius 3 is 2.95 bits per heavy atom. The molecule has 2 heterocycles. The Balaban J connectivity index is 1.81. The highest BCUT2D eigenvalue weighted by Gasteiger charge is 2.38. The smallest absolute Gasteiger partial charge is 0.326 e. The molecule has 2 aliphatic rings. The lowest BCUT2D eigenvalue weighted by molar-refractivity contribution is -0.147. The number of aliphatic carboxylic acids is 1. The molecule has 1 saturated heterocycles. The lowest BCUT2D eigenvalue weighted by atomic mass is 9.97. The van der Waals surface area contributed by atoms with Crippen LogP contribution >= 0.6 is 0 Å². The van der Waals surface area contributed by atoms with E-state index >= 15 is 0 Å². The third kappa shape index (κ3) is 2.29. The van der Waals surface area contributed by atoms with Crippen LogP contribution < -0.4 is 0 Å². The molecule has 0 spiro atoms. The first-order chi connectivity index (χ1) is 9.66. The summed E-state index contributed by atoms with van der Waals surface area (Å²) in [5, 5.41) is 9.19. The zero-order chi connectivity index (χ0) is 14.1. The highest BCUT2D eigenvalue weighted by atomic mass is 16.5. The van der Waals surface area contributed by atoms with Crippen LogP contribution in [0.5, 0.6) is 0 Å². The quantitative estimate of drug-likeness (QED) is 0.905. The third-order valence-electron chi connectivity index (χ3n) is 4.07. The second-order valence-electron chi connectivity index (χ2n) is 5.25. The lowest BCUT2D eigenvalue weighted by Crippen LogP contribution is -2.42. The van der Waals surface area contributed by atoms with Crippen LogP contribution in [0.4, 0.5) is 0 Å². The van der Waals surface area contributed by atoms with Crippen molar-refractivity contribution in [3.8, 4) is 0 Å². The summed E-state index contributed by atoms with van der Waals surface area (Å²) in [5.41, 5.74) is 2.30. The normalized spacial score (nSPS) is 25.6. The van der Waals surface area contributed by atoms with Gasteiger partial charge in [-0.3, -0.25) is 4.79 Å². The van der Waals surface area contributed by atoms with Crippen molar-refractivity contribution in [2.75, 3.05) is 13.2 Å². The van der Waals surface area contributed by atoms with Gasteiger partial charge in [0.05, 0.1) is 13.2 Å². The van der Waals surface area contributed by atoms with Crippen molar-refractivity contribution in [1.82, 2.24) is 4.90 Å². The number of nitrogens with zero attached hydrogens (tertiary/aromatic N) is 1. The minimum absolute atomic E-state index is 0.0935. The average molecular weight is 275 g/mol. The van der Waals surface area contributed by atoms with Gasteiger partial charge in [0.25, 0.3) is 0 Å². The van der Waals surface area contributed by atoms with E-state index < -0.39 is 12.0 Å². The molecule has 1 N–H and O–H groups in total. The van der Waals surface area contributed by atoms with Crippen LogP contribution in [0.25, 0.3) is 0 Å². The maximum Gasteiger partial charge on any atom is 0.326 e. The van der Waals surface area contributed by atoms with Gasteiger partial charge in [-0.2, -0.15) is 0 Å². The molecule has 5 heteroatoms. The van der Waals surface area contributed by atoms with Crippen molar-refractivity contribution in [2.24, 2.45) is 0 Å². The number of ether oxygens (including phenoxy) is 1. The molecule has 1 fully saturated rings. The average Bonchev–Trinajstić information content (AvgIpc) is 2.81.